The topological polar surface area (TPSA) is 75.8 Å². The molecule has 1 heterocycles. The molecule has 0 aliphatic carbocycles. The van der Waals surface area contributed by atoms with E-state index in [2.05, 4.69) is 20.9 Å². The number of nitrogens with zero attached hydrogens (tertiary/aromatic N) is 3. The molecule has 1 aromatic carbocycles. The van der Waals surface area contributed by atoms with Gasteiger partial charge < -0.3 is 4.57 Å². The van der Waals surface area contributed by atoms with Crippen LogP contribution in [0, 0.1) is 11.3 Å². The maximum atomic E-state index is 11.6. The van der Waals surface area contributed by atoms with Crippen LogP contribution in [0.3, 0.4) is 0 Å². The standard InChI is InChI=1S/C12H10BrN3O2S/c1-19(17,18)12-15-4-5-16(12)8-10-3-2-9(7-14)6-11(10)13/h2-6H,8H2,1H3. The van der Waals surface area contributed by atoms with Gasteiger partial charge in [0.1, 0.15) is 0 Å². The van der Waals surface area contributed by atoms with E-state index in [-0.39, 0.29) is 5.16 Å². The molecule has 0 atom stereocenters. The fourth-order valence-electron chi connectivity index (χ4n) is 1.67. The number of hydrogen-bond acceptors (Lipinski definition) is 4. The van der Waals surface area contributed by atoms with E-state index in [1.165, 1.54) is 6.20 Å². The fourth-order valence-corrected chi connectivity index (χ4v) is 2.98. The molecule has 0 N–H and O–H groups in total. The first kappa shape index (κ1) is 13.8. The predicted octanol–water partition coefficient (Wildman–Crippen LogP) is 1.97. The van der Waals surface area contributed by atoms with E-state index in [1.807, 2.05) is 6.07 Å². The first-order valence-corrected chi connectivity index (χ1v) is 8.00. The van der Waals surface area contributed by atoms with Crippen LogP contribution in [0.15, 0.2) is 40.2 Å². The molecule has 0 radical (unpaired) electrons. The number of imidazole rings is 1. The molecule has 19 heavy (non-hydrogen) atoms. The first-order chi connectivity index (χ1) is 8.91. The zero-order valence-corrected chi connectivity index (χ0v) is 12.4. The SMILES string of the molecule is CS(=O)(=O)c1nccn1Cc1ccc(C#N)cc1Br. The van der Waals surface area contributed by atoms with Gasteiger partial charge in [0, 0.05) is 23.1 Å². The first-order valence-electron chi connectivity index (χ1n) is 5.31. The van der Waals surface area contributed by atoms with E-state index in [1.54, 1.807) is 29.0 Å². The molecule has 0 spiro atoms. The van der Waals surface area contributed by atoms with E-state index >= 15 is 0 Å². The minimum absolute atomic E-state index is 0.0313. The van der Waals surface area contributed by atoms with Gasteiger partial charge in [0.15, 0.2) is 0 Å². The summed E-state index contributed by atoms with van der Waals surface area (Å²) in [5.41, 5.74) is 1.42. The summed E-state index contributed by atoms with van der Waals surface area (Å²) >= 11 is 3.37. The van der Waals surface area contributed by atoms with Crippen molar-refractivity contribution in [1.29, 1.82) is 5.26 Å². The highest BCUT2D eigenvalue weighted by Crippen LogP contribution is 2.20. The molecule has 0 saturated heterocycles. The summed E-state index contributed by atoms with van der Waals surface area (Å²) in [6, 6.07) is 7.22. The molecular formula is C12H10BrN3O2S. The Morgan fingerprint density at radius 1 is 1.47 bits per heavy atom. The average molecular weight is 340 g/mol. The summed E-state index contributed by atoms with van der Waals surface area (Å²) in [7, 11) is -3.35. The van der Waals surface area contributed by atoms with Crippen molar-refractivity contribution in [3.05, 3.63) is 46.2 Å². The molecule has 2 rings (SSSR count). The number of hydrogen-bond donors (Lipinski definition) is 0. The maximum Gasteiger partial charge on any atom is 0.227 e. The molecule has 2 aromatic rings. The Morgan fingerprint density at radius 3 is 2.79 bits per heavy atom. The molecule has 0 unspecified atom stereocenters. The lowest BCUT2D eigenvalue weighted by atomic mass is 10.1. The lowest BCUT2D eigenvalue weighted by Crippen LogP contribution is -2.10. The van der Waals surface area contributed by atoms with Crippen molar-refractivity contribution >= 4 is 25.8 Å². The van der Waals surface area contributed by atoms with Crippen LogP contribution in [0.1, 0.15) is 11.1 Å². The minimum atomic E-state index is -3.35. The van der Waals surface area contributed by atoms with Crippen LogP contribution >= 0.6 is 15.9 Å². The monoisotopic (exact) mass is 339 g/mol. The van der Waals surface area contributed by atoms with Crippen molar-refractivity contribution < 1.29 is 8.42 Å². The molecule has 0 amide bonds. The van der Waals surface area contributed by atoms with Crippen molar-refractivity contribution in [1.82, 2.24) is 9.55 Å². The van der Waals surface area contributed by atoms with Crippen LogP contribution < -0.4 is 0 Å². The number of benzene rings is 1. The van der Waals surface area contributed by atoms with Crippen molar-refractivity contribution in [2.24, 2.45) is 0 Å². The summed E-state index contributed by atoms with van der Waals surface area (Å²) < 4.78 is 25.4. The largest absolute Gasteiger partial charge is 0.317 e. The molecule has 0 aliphatic rings. The van der Waals surface area contributed by atoms with Gasteiger partial charge in [-0.25, -0.2) is 13.4 Å². The van der Waals surface area contributed by atoms with Crippen LogP contribution in [0.2, 0.25) is 0 Å². The van der Waals surface area contributed by atoms with Crippen LogP contribution in [-0.4, -0.2) is 24.2 Å². The lowest BCUT2D eigenvalue weighted by Gasteiger charge is -2.08. The molecule has 0 bridgehead atoms. The van der Waals surface area contributed by atoms with E-state index in [4.69, 9.17) is 5.26 Å². The fraction of sp³-hybridized carbons (Fsp3) is 0.167. The second-order valence-electron chi connectivity index (χ2n) is 4.03. The predicted molar refractivity (Wildman–Crippen MR) is 73.3 cm³/mol. The number of halogens is 1. The molecule has 1 aromatic heterocycles. The van der Waals surface area contributed by atoms with Gasteiger partial charge in [0.05, 0.1) is 18.2 Å². The molecule has 5 nitrogen and oxygen atoms in total. The molecule has 98 valence electrons. The van der Waals surface area contributed by atoms with Gasteiger partial charge in [0.25, 0.3) is 0 Å². The third-order valence-electron chi connectivity index (χ3n) is 2.53. The van der Waals surface area contributed by atoms with Gasteiger partial charge in [-0.2, -0.15) is 5.26 Å². The quantitative estimate of drug-likeness (QED) is 0.856. The van der Waals surface area contributed by atoms with Gasteiger partial charge in [-0.3, -0.25) is 0 Å². The summed E-state index contributed by atoms with van der Waals surface area (Å²) in [6.45, 7) is 0.370. The molecule has 0 fully saturated rings. The minimum Gasteiger partial charge on any atom is -0.317 e. The lowest BCUT2D eigenvalue weighted by molar-refractivity contribution is 0.578. The van der Waals surface area contributed by atoms with E-state index < -0.39 is 9.84 Å². The van der Waals surface area contributed by atoms with Crippen LogP contribution in [0.25, 0.3) is 0 Å². The van der Waals surface area contributed by atoms with Crippen molar-refractivity contribution in [2.75, 3.05) is 6.26 Å². The Hall–Kier alpha value is -1.65. The van der Waals surface area contributed by atoms with E-state index in [0.29, 0.717) is 12.1 Å². The smallest absolute Gasteiger partial charge is 0.227 e. The number of sulfone groups is 1. The molecule has 0 aliphatic heterocycles. The highest BCUT2D eigenvalue weighted by molar-refractivity contribution is 9.10. The second-order valence-corrected chi connectivity index (χ2v) is 6.79. The van der Waals surface area contributed by atoms with Crippen molar-refractivity contribution in [2.45, 2.75) is 11.7 Å². The van der Waals surface area contributed by atoms with Crippen LogP contribution in [0.5, 0.6) is 0 Å². The zero-order valence-electron chi connectivity index (χ0n) is 10.0. The summed E-state index contributed by atoms with van der Waals surface area (Å²) in [5, 5.41) is 8.83. The third kappa shape index (κ3) is 3.03. The Morgan fingerprint density at radius 2 is 2.21 bits per heavy atom. The van der Waals surface area contributed by atoms with Gasteiger partial charge in [0.2, 0.25) is 15.0 Å². The van der Waals surface area contributed by atoms with Gasteiger partial charge in [-0.1, -0.05) is 22.0 Å². The molecular weight excluding hydrogens is 330 g/mol. The Balaban J connectivity index is 2.38. The average Bonchev–Trinajstić information content (AvgIpc) is 2.79. The highest BCUT2D eigenvalue weighted by atomic mass is 79.9. The van der Waals surface area contributed by atoms with Gasteiger partial charge in [-0.05, 0) is 17.7 Å². The number of aromatic nitrogens is 2. The van der Waals surface area contributed by atoms with Crippen LogP contribution in [0.4, 0.5) is 0 Å². The normalized spacial score (nSPS) is 11.2. The summed E-state index contributed by atoms with van der Waals surface area (Å²) in [6.07, 6.45) is 4.19. The third-order valence-corrected chi connectivity index (χ3v) is 4.27. The summed E-state index contributed by atoms with van der Waals surface area (Å²) in [4.78, 5) is 3.85. The van der Waals surface area contributed by atoms with Crippen LogP contribution in [-0.2, 0) is 16.4 Å². The van der Waals surface area contributed by atoms with E-state index in [9.17, 15) is 8.42 Å². The number of rotatable bonds is 3. The molecule has 7 heteroatoms. The Labute approximate surface area is 119 Å². The summed E-state index contributed by atoms with van der Waals surface area (Å²) in [5.74, 6) is 0. The van der Waals surface area contributed by atoms with Crippen molar-refractivity contribution in [3.8, 4) is 6.07 Å². The Bertz CT molecular complexity index is 760. The second kappa shape index (κ2) is 5.15. The van der Waals surface area contributed by atoms with E-state index in [0.717, 1.165) is 16.3 Å². The Kier molecular flexibility index (Phi) is 3.73. The van der Waals surface area contributed by atoms with Crippen molar-refractivity contribution in [3.63, 3.8) is 0 Å². The molecule has 0 saturated carbocycles. The zero-order chi connectivity index (χ0) is 14.0. The van der Waals surface area contributed by atoms with Gasteiger partial charge >= 0.3 is 0 Å². The maximum absolute atomic E-state index is 11.6. The number of nitriles is 1. The van der Waals surface area contributed by atoms with Gasteiger partial charge in [-0.15, -0.1) is 0 Å². The highest BCUT2D eigenvalue weighted by Gasteiger charge is 2.15.